The Morgan fingerprint density at radius 1 is 1.36 bits per heavy atom. The number of hydrogen-bond acceptors (Lipinski definition) is 2. The van der Waals surface area contributed by atoms with Crippen LogP contribution in [0, 0.1) is 0 Å². The summed E-state index contributed by atoms with van der Waals surface area (Å²) in [5.41, 5.74) is 0. The van der Waals surface area contributed by atoms with Crippen LogP contribution >= 0.6 is 0 Å². The fourth-order valence-electron chi connectivity index (χ4n) is 1.59. The van der Waals surface area contributed by atoms with E-state index in [4.69, 9.17) is 0 Å². The van der Waals surface area contributed by atoms with Crippen LogP contribution in [0.2, 0.25) is 0 Å². The molecule has 4 heteroatoms. The van der Waals surface area contributed by atoms with Gasteiger partial charge in [0.05, 0.1) is 0 Å². The molecule has 0 saturated carbocycles. The van der Waals surface area contributed by atoms with Gasteiger partial charge in [0, 0.05) is 0 Å². The minimum atomic E-state index is 0.220. The van der Waals surface area contributed by atoms with Gasteiger partial charge in [0.25, 0.3) is 0 Å². The molecule has 0 bridgehead atoms. The first-order valence-corrected chi connectivity index (χ1v) is 6.08. The van der Waals surface area contributed by atoms with Crippen LogP contribution in [0.15, 0.2) is 0 Å². The van der Waals surface area contributed by atoms with Gasteiger partial charge in [-0.25, -0.2) is 0 Å². The van der Waals surface area contributed by atoms with Crippen LogP contribution in [-0.4, -0.2) is 56.1 Å². The van der Waals surface area contributed by atoms with Gasteiger partial charge in [-0.05, 0) is 0 Å². The summed E-state index contributed by atoms with van der Waals surface area (Å²) >= 11 is 2.96. The molecule has 0 N–H and O–H groups in total. The first-order valence-electron chi connectivity index (χ1n) is 5.22. The fourth-order valence-corrected chi connectivity index (χ4v) is 2.13. The molecular formula is C10H18N2OSe. The number of rotatable bonds is 5. The van der Waals surface area contributed by atoms with Gasteiger partial charge in [-0.2, -0.15) is 0 Å². The van der Waals surface area contributed by atoms with Crippen molar-refractivity contribution in [2.45, 2.75) is 32.6 Å². The molecule has 1 aliphatic heterocycles. The number of unbranched alkanes of at least 4 members (excludes halogenated alkanes) is 3. The van der Waals surface area contributed by atoms with E-state index in [1.165, 1.54) is 19.3 Å². The Balaban J connectivity index is 2.30. The Morgan fingerprint density at radius 2 is 2.07 bits per heavy atom. The van der Waals surface area contributed by atoms with Crippen molar-refractivity contribution < 1.29 is 4.79 Å². The van der Waals surface area contributed by atoms with Crippen LogP contribution in [0.25, 0.3) is 0 Å². The van der Waals surface area contributed by atoms with E-state index in [1.54, 1.807) is 0 Å². The van der Waals surface area contributed by atoms with Crippen LogP contribution in [0.5, 0.6) is 0 Å². The molecule has 1 fully saturated rings. The molecule has 0 aliphatic carbocycles. The standard InChI is InChI=1S/C10H18N2OSe/c1-3-4-5-6-7-12-9(13)8-11(2)10(12)14/h3-8H2,1-2H3. The molecule has 1 amide bonds. The molecule has 0 aromatic heterocycles. The van der Waals surface area contributed by atoms with Gasteiger partial charge in [0.15, 0.2) is 0 Å². The van der Waals surface area contributed by atoms with Crippen molar-refractivity contribution in [2.24, 2.45) is 0 Å². The van der Waals surface area contributed by atoms with E-state index < -0.39 is 0 Å². The van der Waals surface area contributed by atoms with Crippen molar-refractivity contribution >= 4 is 26.1 Å². The first kappa shape index (κ1) is 11.7. The zero-order valence-corrected chi connectivity index (χ0v) is 10.7. The number of amides is 1. The second-order valence-electron chi connectivity index (χ2n) is 3.74. The summed E-state index contributed by atoms with van der Waals surface area (Å²) < 4.78 is 0.978. The molecule has 0 aromatic rings. The maximum atomic E-state index is 11.5. The van der Waals surface area contributed by atoms with Crippen LogP contribution in [-0.2, 0) is 4.79 Å². The monoisotopic (exact) mass is 262 g/mol. The quantitative estimate of drug-likeness (QED) is 0.534. The summed E-state index contributed by atoms with van der Waals surface area (Å²) in [5.74, 6) is 0.220. The fraction of sp³-hybridized carbons (Fsp3) is 0.800. The molecule has 14 heavy (non-hydrogen) atoms. The van der Waals surface area contributed by atoms with Gasteiger partial charge in [-0.15, -0.1) is 0 Å². The third kappa shape index (κ3) is 2.82. The molecule has 1 saturated heterocycles. The molecule has 0 aromatic carbocycles. The van der Waals surface area contributed by atoms with Crippen LogP contribution < -0.4 is 0 Å². The van der Waals surface area contributed by atoms with Gasteiger partial charge in [0.1, 0.15) is 0 Å². The number of likely N-dealkylation sites (N-methyl/N-ethyl adjacent to an activating group) is 1. The number of carbonyl (C=O) groups is 1. The Labute approximate surface area is 93.8 Å². The molecule has 0 atom stereocenters. The summed E-state index contributed by atoms with van der Waals surface area (Å²) in [7, 11) is 1.94. The van der Waals surface area contributed by atoms with E-state index >= 15 is 0 Å². The molecule has 0 unspecified atom stereocenters. The van der Waals surface area contributed by atoms with E-state index in [0.717, 1.165) is 17.6 Å². The third-order valence-electron chi connectivity index (χ3n) is 2.47. The van der Waals surface area contributed by atoms with Gasteiger partial charge < -0.3 is 0 Å². The predicted octanol–water partition coefficient (Wildman–Crippen LogP) is 0.597. The van der Waals surface area contributed by atoms with Crippen molar-refractivity contribution in [3.63, 3.8) is 0 Å². The Morgan fingerprint density at radius 3 is 2.57 bits per heavy atom. The zero-order chi connectivity index (χ0) is 10.6. The minimum absolute atomic E-state index is 0.220. The van der Waals surface area contributed by atoms with Gasteiger partial charge in [0.2, 0.25) is 0 Å². The second-order valence-corrected chi connectivity index (χ2v) is 4.51. The Hall–Kier alpha value is -0.341. The summed E-state index contributed by atoms with van der Waals surface area (Å²) in [5, 5.41) is 0. The van der Waals surface area contributed by atoms with Gasteiger partial charge in [-0.1, -0.05) is 0 Å². The summed E-state index contributed by atoms with van der Waals surface area (Å²) in [4.78, 5) is 15.3. The van der Waals surface area contributed by atoms with E-state index in [0.29, 0.717) is 6.54 Å². The molecule has 1 rings (SSSR count). The van der Waals surface area contributed by atoms with Crippen LogP contribution in [0.3, 0.4) is 0 Å². The summed E-state index contributed by atoms with van der Waals surface area (Å²) in [6.45, 7) is 3.58. The van der Waals surface area contributed by atoms with Crippen molar-refractivity contribution in [2.75, 3.05) is 20.1 Å². The van der Waals surface area contributed by atoms with Crippen LogP contribution in [0.4, 0.5) is 0 Å². The molecule has 0 radical (unpaired) electrons. The zero-order valence-electron chi connectivity index (χ0n) is 8.95. The summed E-state index contributed by atoms with van der Waals surface area (Å²) in [6, 6.07) is 0. The molecule has 3 nitrogen and oxygen atoms in total. The average molecular weight is 261 g/mol. The topological polar surface area (TPSA) is 23.6 Å². The second kappa shape index (κ2) is 5.52. The predicted molar refractivity (Wildman–Crippen MR) is 59.2 cm³/mol. The Kier molecular flexibility index (Phi) is 4.62. The van der Waals surface area contributed by atoms with Crippen molar-refractivity contribution in [1.29, 1.82) is 0 Å². The van der Waals surface area contributed by atoms with Crippen molar-refractivity contribution in [3.05, 3.63) is 0 Å². The molecule has 0 spiro atoms. The molecular weight excluding hydrogens is 243 g/mol. The summed E-state index contributed by atoms with van der Waals surface area (Å²) in [6.07, 6.45) is 4.83. The van der Waals surface area contributed by atoms with E-state index in [-0.39, 0.29) is 5.91 Å². The number of hydrogen-bond donors (Lipinski definition) is 0. The van der Waals surface area contributed by atoms with E-state index in [1.807, 2.05) is 16.8 Å². The van der Waals surface area contributed by atoms with Gasteiger partial charge >= 0.3 is 93.5 Å². The van der Waals surface area contributed by atoms with E-state index in [2.05, 4.69) is 22.5 Å². The Bertz CT molecular complexity index is 230. The van der Waals surface area contributed by atoms with Gasteiger partial charge in [-0.3, -0.25) is 0 Å². The molecule has 80 valence electrons. The van der Waals surface area contributed by atoms with Crippen molar-refractivity contribution in [3.8, 4) is 0 Å². The number of carbonyl (C=O) groups excluding carboxylic acids is 1. The third-order valence-corrected chi connectivity index (χ3v) is 3.58. The molecule has 1 aliphatic rings. The first-order chi connectivity index (χ1) is 6.66. The number of nitrogens with zero attached hydrogens (tertiary/aromatic N) is 2. The SMILES string of the molecule is CCCCCCN1C(=O)CN(C)C1=[Se]. The average Bonchev–Trinajstić information content (AvgIpc) is 2.38. The normalized spacial score (nSPS) is 17.0. The molecule has 1 heterocycles. The van der Waals surface area contributed by atoms with E-state index in [9.17, 15) is 4.79 Å². The maximum absolute atomic E-state index is 11.5. The van der Waals surface area contributed by atoms with Crippen LogP contribution in [0.1, 0.15) is 32.6 Å². The van der Waals surface area contributed by atoms with Crippen molar-refractivity contribution in [1.82, 2.24) is 9.80 Å².